The smallest absolute Gasteiger partial charge is 0.164 e. The van der Waals surface area contributed by atoms with Crippen LogP contribution in [0.3, 0.4) is 0 Å². The molecule has 0 aliphatic rings. The van der Waals surface area contributed by atoms with Gasteiger partial charge >= 0.3 is 0 Å². The Balaban J connectivity index is 1.72. The van der Waals surface area contributed by atoms with Gasteiger partial charge < -0.3 is 0 Å². The number of halogens is 1. The Bertz CT molecular complexity index is 1320. The lowest BCUT2D eigenvalue weighted by molar-refractivity contribution is 1.07. The van der Waals surface area contributed by atoms with Crippen LogP contribution in [-0.4, -0.2) is 15.0 Å². The summed E-state index contributed by atoms with van der Waals surface area (Å²) in [4.78, 5) is 14.4. The number of hydrogen-bond acceptors (Lipinski definition) is 3. The number of hydrogen-bond donors (Lipinski definition) is 0. The number of benzene rings is 4. The molecule has 4 heteroatoms. The molecule has 0 aliphatic heterocycles. The van der Waals surface area contributed by atoms with E-state index >= 15 is 0 Å². The third kappa shape index (κ3) is 3.67. The molecule has 0 spiro atoms. The minimum absolute atomic E-state index is 0.656. The molecular weight excluding hydrogens is 422 g/mol. The fourth-order valence-corrected chi connectivity index (χ4v) is 3.71. The summed E-state index contributed by atoms with van der Waals surface area (Å²) in [5, 5.41) is 2.36. The second kappa shape index (κ2) is 7.57. The second-order valence-electron chi connectivity index (χ2n) is 6.74. The molecule has 0 atom stereocenters. The van der Waals surface area contributed by atoms with E-state index in [0.29, 0.717) is 17.5 Å². The standard InChI is InChI=1S/C25H16BrN3/c26-22-12-6-11-20(16-22)24-27-23(18-8-2-1-3-9-18)28-25(29-24)21-14-13-17-7-4-5-10-19(17)15-21/h1-16H. The van der Waals surface area contributed by atoms with Crippen LogP contribution in [0.15, 0.2) is 102 Å². The lowest BCUT2D eigenvalue weighted by atomic mass is 10.1. The Morgan fingerprint density at radius 3 is 1.76 bits per heavy atom. The molecule has 0 fully saturated rings. The minimum Gasteiger partial charge on any atom is -0.208 e. The third-order valence-corrected chi connectivity index (χ3v) is 5.25. The fourth-order valence-electron chi connectivity index (χ4n) is 3.31. The summed E-state index contributed by atoms with van der Waals surface area (Å²) < 4.78 is 0.990. The normalized spacial score (nSPS) is 10.9. The molecule has 0 amide bonds. The maximum atomic E-state index is 4.80. The van der Waals surface area contributed by atoms with E-state index < -0.39 is 0 Å². The molecule has 29 heavy (non-hydrogen) atoms. The molecule has 0 unspecified atom stereocenters. The van der Waals surface area contributed by atoms with Gasteiger partial charge in [0.1, 0.15) is 0 Å². The molecule has 1 heterocycles. The molecule has 1 aromatic heterocycles. The Morgan fingerprint density at radius 1 is 0.448 bits per heavy atom. The first kappa shape index (κ1) is 17.7. The maximum absolute atomic E-state index is 4.80. The van der Waals surface area contributed by atoms with Crippen LogP contribution in [0.4, 0.5) is 0 Å². The molecule has 0 aliphatic carbocycles. The summed E-state index contributed by atoms with van der Waals surface area (Å²) in [6, 6.07) is 32.6. The number of rotatable bonds is 3. The van der Waals surface area contributed by atoms with Crippen LogP contribution in [0.1, 0.15) is 0 Å². The molecule has 5 rings (SSSR count). The lowest BCUT2D eigenvalue weighted by Gasteiger charge is -2.09. The number of aromatic nitrogens is 3. The van der Waals surface area contributed by atoms with Crippen LogP contribution >= 0.6 is 15.9 Å². The zero-order valence-corrected chi connectivity index (χ0v) is 17.0. The van der Waals surface area contributed by atoms with Crippen molar-refractivity contribution in [2.24, 2.45) is 0 Å². The van der Waals surface area contributed by atoms with Gasteiger partial charge in [-0.2, -0.15) is 0 Å². The summed E-state index contributed by atoms with van der Waals surface area (Å²) in [7, 11) is 0. The molecule has 0 saturated carbocycles. The average Bonchev–Trinajstić information content (AvgIpc) is 2.79. The summed E-state index contributed by atoms with van der Waals surface area (Å²) >= 11 is 3.54. The minimum atomic E-state index is 0.656. The van der Waals surface area contributed by atoms with Gasteiger partial charge in [0, 0.05) is 21.2 Å². The largest absolute Gasteiger partial charge is 0.208 e. The van der Waals surface area contributed by atoms with Gasteiger partial charge in [0.25, 0.3) is 0 Å². The Morgan fingerprint density at radius 2 is 1.03 bits per heavy atom. The maximum Gasteiger partial charge on any atom is 0.164 e. The van der Waals surface area contributed by atoms with Crippen molar-refractivity contribution < 1.29 is 0 Å². The average molecular weight is 438 g/mol. The monoisotopic (exact) mass is 437 g/mol. The van der Waals surface area contributed by atoms with E-state index in [9.17, 15) is 0 Å². The van der Waals surface area contributed by atoms with Crippen molar-refractivity contribution in [1.82, 2.24) is 15.0 Å². The van der Waals surface area contributed by atoms with E-state index in [2.05, 4.69) is 46.3 Å². The first-order valence-corrected chi connectivity index (χ1v) is 10.1. The molecule has 4 aromatic carbocycles. The Kier molecular flexibility index (Phi) is 4.62. The molecule has 0 saturated heterocycles. The van der Waals surface area contributed by atoms with Gasteiger partial charge in [-0.05, 0) is 29.0 Å². The van der Waals surface area contributed by atoms with Crippen LogP contribution in [0.2, 0.25) is 0 Å². The molecule has 3 nitrogen and oxygen atoms in total. The molecule has 0 N–H and O–H groups in total. The molecule has 0 bridgehead atoms. The lowest BCUT2D eigenvalue weighted by Crippen LogP contribution is -2.00. The van der Waals surface area contributed by atoms with Crippen molar-refractivity contribution in [3.63, 3.8) is 0 Å². The summed E-state index contributed by atoms with van der Waals surface area (Å²) in [6.45, 7) is 0. The van der Waals surface area contributed by atoms with Gasteiger partial charge in [-0.1, -0.05) is 94.8 Å². The fraction of sp³-hybridized carbons (Fsp3) is 0. The third-order valence-electron chi connectivity index (χ3n) is 4.76. The van der Waals surface area contributed by atoms with E-state index in [1.54, 1.807) is 0 Å². The summed E-state index contributed by atoms with van der Waals surface area (Å²) in [5.41, 5.74) is 2.88. The quantitative estimate of drug-likeness (QED) is 0.311. The van der Waals surface area contributed by atoms with Crippen LogP contribution in [0.5, 0.6) is 0 Å². The van der Waals surface area contributed by atoms with Crippen molar-refractivity contribution in [2.75, 3.05) is 0 Å². The van der Waals surface area contributed by atoms with Gasteiger partial charge in [-0.25, -0.2) is 15.0 Å². The number of nitrogens with zero attached hydrogens (tertiary/aromatic N) is 3. The summed E-state index contributed by atoms with van der Waals surface area (Å²) in [5.74, 6) is 1.99. The van der Waals surface area contributed by atoms with Gasteiger partial charge in [0.15, 0.2) is 17.5 Å². The Labute approximate surface area is 177 Å². The highest BCUT2D eigenvalue weighted by Gasteiger charge is 2.12. The van der Waals surface area contributed by atoms with Crippen LogP contribution in [0, 0.1) is 0 Å². The topological polar surface area (TPSA) is 38.7 Å². The predicted molar refractivity (Wildman–Crippen MR) is 121 cm³/mol. The highest BCUT2D eigenvalue weighted by molar-refractivity contribution is 9.10. The van der Waals surface area contributed by atoms with E-state index in [4.69, 9.17) is 15.0 Å². The van der Waals surface area contributed by atoms with E-state index in [1.165, 1.54) is 5.39 Å². The zero-order valence-electron chi connectivity index (χ0n) is 15.5. The van der Waals surface area contributed by atoms with Gasteiger partial charge in [-0.3, -0.25) is 0 Å². The van der Waals surface area contributed by atoms with E-state index in [-0.39, 0.29) is 0 Å². The van der Waals surface area contributed by atoms with Crippen molar-refractivity contribution in [3.05, 3.63) is 102 Å². The van der Waals surface area contributed by atoms with Gasteiger partial charge in [-0.15, -0.1) is 0 Å². The van der Waals surface area contributed by atoms with Crippen molar-refractivity contribution in [1.29, 1.82) is 0 Å². The first-order chi connectivity index (χ1) is 14.3. The number of fused-ring (bicyclic) bond motifs is 1. The van der Waals surface area contributed by atoms with Crippen molar-refractivity contribution in [2.45, 2.75) is 0 Å². The van der Waals surface area contributed by atoms with Crippen LogP contribution in [0.25, 0.3) is 44.9 Å². The molecular formula is C25H16BrN3. The van der Waals surface area contributed by atoms with E-state index in [1.807, 2.05) is 66.7 Å². The Hall–Kier alpha value is -3.37. The second-order valence-corrected chi connectivity index (χ2v) is 7.66. The highest BCUT2D eigenvalue weighted by atomic mass is 79.9. The molecule has 0 radical (unpaired) electrons. The van der Waals surface area contributed by atoms with Crippen LogP contribution in [-0.2, 0) is 0 Å². The molecule has 5 aromatic rings. The SMILES string of the molecule is Brc1cccc(-c2nc(-c3ccccc3)nc(-c3ccc4ccccc4c3)n2)c1. The van der Waals surface area contributed by atoms with E-state index in [0.717, 1.165) is 26.5 Å². The first-order valence-electron chi connectivity index (χ1n) is 9.33. The highest BCUT2D eigenvalue weighted by Crippen LogP contribution is 2.27. The van der Waals surface area contributed by atoms with Crippen molar-refractivity contribution in [3.8, 4) is 34.2 Å². The van der Waals surface area contributed by atoms with Crippen LogP contribution < -0.4 is 0 Å². The van der Waals surface area contributed by atoms with Gasteiger partial charge in [0.05, 0.1) is 0 Å². The zero-order chi connectivity index (χ0) is 19.6. The van der Waals surface area contributed by atoms with Crippen molar-refractivity contribution >= 4 is 26.7 Å². The molecule has 138 valence electrons. The summed E-state index contributed by atoms with van der Waals surface area (Å²) in [6.07, 6.45) is 0. The predicted octanol–water partition coefficient (Wildman–Crippen LogP) is 6.79. The van der Waals surface area contributed by atoms with Gasteiger partial charge in [0.2, 0.25) is 0 Å².